The molecular weight excluding hydrogens is 460 g/mol. The highest BCUT2D eigenvalue weighted by atomic mass is 16.6. The summed E-state index contributed by atoms with van der Waals surface area (Å²) < 4.78 is 20.9. The summed E-state index contributed by atoms with van der Waals surface area (Å²) in [6.45, 7) is 2.09. The molecule has 1 aliphatic heterocycles. The minimum absolute atomic E-state index is 0.534. The standard InChI is InChI=1S/C32H21N2O3/c1-19-10-13-22-23-14-11-21(18-33)30(32(23)37-31(22)29(19)24-7-5-6-16-34(24)2)20-12-15-27-28(17-20)36-26-9-4-3-8-25(26)35-27/h3-17H,1-2H3/q+1. The van der Waals surface area contributed by atoms with Crippen molar-refractivity contribution in [2.24, 2.45) is 7.05 Å². The van der Waals surface area contributed by atoms with Crippen molar-refractivity contribution in [1.82, 2.24) is 0 Å². The molecular formula is C32H21N2O3+. The number of rotatable bonds is 2. The van der Waals surface area contributed by atoms with Gasteiger partial charge in [-0.15, -0.1) is 0 Å². The Labute approximate surface area is 213 Å². The van der Waals surface area contributed by atoms with Gasteiger partial charge in [0.1, 0.15) is 18.2 Å². The predicted molar refractivity (Wildman–Crippen MR) is 142 cm³/mol. The minimum Gasteiger partial charge on any atom is -0.454 e. The highest BCUT2D eigenvalue weighted by Crippen LogP contribution is 2.48. The maximum Gasteiger partial charge on any atom is 0.216 e. The third kappa shape index (κ3) is 3.20. The van der Waals surface area contributed by atoms with Gasteiger partial charge in [0.15, 0.2) is 29.2 Å². The molecule has 2 aromatic heterocycles. The molecule has 0 saturated carbocycles. The molecule has 5 nitrogen and oxygen atoms in total. The molecule has 0 unspecified atom stereocenters. The highest BCUT2D eigenvalue weighted by Gasteiger charge is 2.24. The largest absolute Gasteiger partial charge is 0.454 e. The summed E-state index contributed by atoms with van der Waals surface area (Å²) in [6.07, 6.45) is 2.03. The van der Waals surface area contributed by atoms with Crippen LogP contribution in [0.1, 0.15) is 11.1 Å². The number of aryl methyl sites for hydroxylation is 2. The summed E-state index contributed by atoms with van der Waals surface area (Å²) in [5.41, 5.74) is 6.80. The molecule has 0 aliphatic carbocycles. The summed E-state index contributed by atoms with van der Waals surface area (Å²) in [7, 11) is 2.03. The molecule has 1 aliphatic rings. The second-order valence-corrected chi connectivity index (χ2v) is 9.22. The number of nitrogens with zero attached hydrogens (tertiary/aromatic N) is 2. The molecule has 0 bridgehead atoms. The maximum atomic E-state index is 10.0. The summed E-state index contributed by atoms with van der Waals surface area (Å²) >= 11 is 0. The summed E-state index contributed by atoms with van der Waals surface area (Å²) in [6, 6.07) is 29.9. The molecule has 0 saturated heterocycles. The minimum atomic E-state index is 0.534. The first-order chi connectivity index (χ1) is 18.1. The van der Waals surface area contributed by atoms with Gasteiger partial charge in [-0.3, -0.25) is 0 Å². The number of hydrogen-bond donors (Lipinski definition) is 0. The van der Waals surface area contributed by atoms with Crippen molar-refractivity contribution < 1.29 is 18.5 Å². The maximum absolute atomic E-state index is 10.0. The lowest BCUT2D eigenvalue weighted by Gasteiger charge is -2.21. The van der Waals surface area contributed by atoms with Crippen LogP contribution in [0.3, 0.4) is 0 Å². The average Bonchev–Trinajstić information content (AvgIpc) is 3.30. The second-order valence-electron chi connectivity index (χ2n) is 9.22. The molecule has 5 heteroatoms. The van der Waals surface area contributed by atoms with E-state index >= 15 is 0 Å². The molecule has 0 amide bonds. The molecule has 4 aromatic carbocycles. The number of furan rings is 1. The molecule has 0 spiro atoms. The molecule has 6 aromatic rings. The Morgan fingerprint density at radius 1 is 0.703 bits per heavy atom. The lowest BCUT2D eigenvalue weighted by molar-refractivity contribution is -0.660. The summed E-state index contributed by atoms with van der Waals surface area (Å²) in [5, 5.41) is 12.0. The van der Waals surface area contributed by atoms with Crippen LogP contribution in [-0.4, -0.2) is 0 Å². The first kappa shape index (κ1) is 21.2. The highest BCUT2D eigenvalue weighted by molar-refractivity contribution is 6.14. The molecule has 0 radical (unpaired) electrons. The Morgan fingerprint density at radius 2 is 1.38 bits per heavy atom. The van der Waals surface area contributed by atoms with Gasteiger partial charge in [0, 0.05) is 28.5 Å². The third-order valence-electron chi connectivity index (χ3n) is 6.97. The SMILES string of the molecule is Cc1ccc2c(oc3c(-c4ccc5c(c4)Oc4ccccc4O5)c(C#N)ccc32)c1-c1cccc[n+]1C. The molecule has 176 valence electrons. The van der Waals surface area contributed by atoms with E-state index in [1.807, 2.05) is 80.0 Å². The zero-order chi connectivity index (χ0) is 25.1. The Morgan fingerprint density at radius 3 is 2.14 bits per heavy atom. The van der Waals surface area contributed by atoms with E-state index in [-0.39, 0.29) is 0 Å². The quantitative estimate of drug-likeness (QED) is 0.236. The van der Waals surface area contributed by atoms with Crippen LogP contribution in [0.2, 0.25) is 0 Å². The van der Waals surface area contributed by atoms with Gasteiger partial charge in [0.2, 0.25) is 5.69 Å². The van der Waals surface area contributed by atoms with Crippen LogP contribution >= 0.6 is 0 Å². The number of para-hydroxylation sites is 2. The van der Waals surface area contributed by atoms with Crippen LogP contribution in [0, 0.1) is 18.3 Å². The lowest BCUT2D eigenvalue weighted by Crippen LogP contribution is -2.30. The Balaban J connectivity index is 1.48. The van der Waals surface area contributed by atoms with Gasteiger partial charge in [-0.1, -0.05) is 30.3 Å². The number of nitriles is 1. The van der Waals surface area contributed by atoms with Crippen LogP contribution < -0.4 is 14.0 Å². The van der Waals surface area contributed by atoms with Crippen LogP contribution in [0.25, 0.3) is 44.3 Å². The molecule has 0 N–H and O–H groups in total. The van der Waals surface area contributed by atoms with E-state index in [0.29, 0.717) is 34.1 Å². The van der Waals surface area contributed by atoms with E-state index < -0.39 is 0 Å². The number of hydrogen-bond acceptors (Lipinski definition) is 4. The van der Waals surface area contributed by atoms with E-state index in [1.165, 1.54) is 0 Å². The van der Waals surface area contributed by atoms with Crippen molar-refractivity contribution in [3.8, 4) is 51.5 Å². The first-order valence-electron chi connectivity index (χ1n) is 12.1. The molecule has 37 heavy (non-hydrogen) atoms. The van der Waals surface area contributed by atoms with Gasteiger partial charge >= 0.3 is 0 Å². The van der Waals surface area contributed by atoms with Crippen LogP contribution in [-0.2, 0) is 7.05 Å². The van der Waals surface area contributed by atoms with Gasteiger partial charge < -0.3 is 13.9 Å². The molecule has 3 heterocycles. The Bertz CT molecular complexity index is 1930. The van der Waals surface area contributed by atoms with Crippen LogP contribution in [0.5, 0.6) is 23.0 Å². The van der Waals surface area contributed by atoms with Crippen molar-refractivity contribution in [2.75, 3.05) is 0 Å². The van der Waals surface area contributed by atoms with E-state index in [0.717, 1.165) is 44.3 Å². The lowest BCUT2D eigenvalue weighted by atomic mass is 9.96. The van der Waals surface area contributed by atoms with Crippen molar-refractivity contribution >= 4 is 21.9 Å². The van der Waals surface area contributed by atoms with E-state index in [9.17, 15) is 5.26 Å². The predicted octanol–water partition coefficient (Wildman–Crippen LogP) is 7.82. The molecule has 0 fully saturated rings. The van der Waals surface area contributed by atoms with Crippen molar-refractivity contribution in [2.45, 2.75) is 6.92 Å². The van der Waals surface area contributed by atoms with Gasteiger partial charge in [0.05, 0.1) is 17.2 Å². The number of ether oxygens (including phenoxy) is 2. The first-order valence-corrected chi connectivity index (χ1v) is 12.1. The second kappa shape index (κ2) is 7.97. The van der Waals surface area contributed by atoms with Gasteiger partial charge in [-0.25, -0.2) is 4.57 Å². The zero-order valence-corrected chi connectivity index (χ0v) is 20.3. The summed E-state index contributed by atoms with van der Waals surface area (Å²) in [5.74, 6) is 2.57. The molecule has 0 atom stereocenters. The number of fused-ring (bicyclic) bond motifs is 5. The van der Waals surface area contributed by atoms with Crippen molar-refractivity contribution in [3.63, 3.8) is 0 Å². The van der Waals surface area contributed by atoms with Gasteiger partial charge in [-0.05, 0) is 60.5 Å². The average molecular weight is 482 g/mol. The fourth-order valence-corrected chi connectivity index (χ4v) is 5.17. The Hall–Kier alpha value is -5.08. The van der Waals surface area contributed by atoms with Crippen LogP contribution in [0.4, 0.5) is 0 Å². The monoisotopic (exact) mass is 481 g/mol. The van der Waals surface area contributed by atoms with E-state index in [4.69, 9.17) is 13.9 Å². The topological polar surface area (TPSA) is 59.3 Å². The summed E-state index contributed by atoms with van der Waals surface area (Å²) in [4.78, 5) is 0. The number of aromatic nitrogens is 1. The zero-order valence-electron chi connectivity index (χ0n) is 20.3. The smallest absolute Gasteiger partial charge is 0.216 e. The number of pyridine rings is 1. The fourth-order valence-electron chi connectivity index (χ4n) is 5.17. The normalized spacial score (nSPS) is 11.9. The fraction of sp³-hybridized carbons (Fsp3) is 0.0625. The Kier molecular flexibility index (Phi) is 4.57. The van der Waals surface area contributed by atoms with Gasteiger partial charge in [0.25, 0.3) is 0 Å². The molecule has 7 rings (SSSR count). The number of benzene rings is 4. The third-order valence-corrected chi connectivity index (χ3v) is 6.97. The van der Waals surface area contributed by atoms with E-state index in [2.05, 4.69) is 35.8 Å². The van der Waals surface area contributed by atoms with Crippen molar-refractivity contribution in [1.29, 1.82) is 5.26 Å². The van der Waals surface area contributed by atoms with Crippen molar-refractivity contribution in [3.05, 3.63) is 102 Å². The van der Waals surface area contributed by atoms with Crippen LogP contribution in [0.15, 0.2) is 95.5 Å². The van der Waals surface area contributed by atoms with E-state index in [1.54, 1.807) is 0 Å². The van der Waals surface area contributed by atoms with Gasteiger partial charge in [-0.2, -0.15) is 5.26 Å².